The number of hydrogen-bond donors (Lipinski definition) is 1. The van der Waals surface area contributed by atoms with Gasteiger partial charge < -0.3 is 14.8 Å². The van der Waals surface area contributed by atoms with E-state index in [4.69, 9.17) is 9.47 Å². The zero-order valence-corrected chi connectivity index (χ0v) is 13.9. The average Bonchev–Trinajstić information content (AvgIpc) is 2.52. The summed E-state index contributed by atoms with van der Waals surface area (Å²) < 4.78 is 11.3. The fraction of sp³-hybridized carbons (Fsp3) is 0.667. The second-order valence-electron chi connectivity index (χ2n) is 5.30. The van der Waals surface area contributed by atoms with E-state index in [1.165, 1.54) is 12.0 Å². The van der Waals surface area contributed by atoms with E-state index in [2.05, 4.69) is 44.3 Å². The van der Waals surface area contributed by atoms with Crippen LogP contribution >= 0.6 is 0 Å². The quantitative estimate of drug-likeness (QED) is 0.582. The summed E-state index contributed by atoms with van der Waals surface area (Å²) in [5.41, 5.74) is 1.30. The standard InChI is InChI=1S/C18H31NO2/c1-4-7-12-20-13-14-21-17-10-8-9-16(15-17)18(6-3)19-11-5-2/h8-10,15,18-19H,4-7,11-14H2,1-3H3. The Morgan fingerprint density at radius 1 is 1.05 bits per heavy atom. The van der Waals surface area contributed by atoms with Gasteiger partial charge in [-0.05, 0) is 43.5 Å². The Bertz CT molecular complexity index is 368. The van der Waals surface area contributed by atoms with Crippen LogP contribution in [0.5, 0.6) is 5.75 Å². The van der Waals surface area contributed by atoms with E-state index in [-0.39, 0.29) is 0 Å². The lowest BCUT2D eigenvalue weighted by Crippen LogP contribution is -2.21. The molecule has 1 aromatic carbocycles. The summed E-state index contributed by atoms with van der Waals surface area (Å²) in [5.74, 6) is 0.934. The van der Waals surface area contributed by atoms with Crippen molar-refractivity contribution >= 4 is 0 Å². The van der Waals surface area contributed by atoms with Gasteiger partial charge in [-0.1, -0.05) is 39.3 Å². The normalized spacial score (nSPS) is 12.3. The molecule has 0 radical (unpaired) electrons. The highest BCUT2D eigenvalue weighted by molar-refractivity contribution is 5.30. The molecule has 120 valence electrons. The summed E-state index contributed by atoms with van der Waals surface area (Å²) in [5, 5.41) is 3.57. The molecule has 0 aliphatic heterocycles. The molecule has 21 heavy (non-hydrogen) atoms. The summed E-state index contributed by atoms with van der Waals surface area (Å²) in [4.78, 5) is 0. The highest BCUT2D eigenvalue weighted by Crippen LogP contribution is 2.21. The van der Waals surface area contributed by atoms with E-state index in [0.717, 1.165) is 38.2 Å². The molecule has 1 aromatic rings. The largest absolute Gasteiger partial charge is 0.491 e. The predicted molar refractivity (Wildman–Crippen MR) is 89.0 cm³/mol. The zero-order valence-electron chi connectivity index (χ0n) is 13.9. The van der Waals surface area contributed by atoms with Crippen molar-refractivity contribution in [1.29, 1.82) is 0 Å². The fourth-order valence-electron chi connectivity index (χ4n) is 2.20. The molecule has 0 aliphatic rings. The van der Waals surface area contributed by atoms with Crippen LogP contribution in [0, 0.1) is 0 Å². The third-order valence-electron chi connectivity index (χ3n) is 3.45. The second kappa shape index (κ2) is 11.6. The van der Waals surface area contributed by atoms with Gasteiger partial charge in [0.25, 0.3) is 0 Å². The zero-order chi connectivity index (χ0) is 15.3. The van der Waals surface area contributed by atoms with Crippen LogP contribution < -0.4 is 10.1 Å². The van der Waals surface area contributed by atoms with Crippen LogP contribution in [-0.4, -0.2) is 26.4 Å². The lowest BCUT2D eigenvalue weighted by atomic mass is 10.0. The first-order chi connectivity index (χ1) is 10.3. The van der Waals surface area contributed by atoms with Crippen molar-refractivity contribution in [3.8, 4) is 5.75 Å². The van der Waals surface area contributed by atoms with Crippen LogP contribution in [0.1, 0.15) is 58.1 Å². The van der Waals surface area contributed by atoms with Crippen molar-refractivity contribution in [2.75, 3.05) is 26.4 Å². The van der Waals surface area contributed by atoms with Gasteiger partial charge in [0.1, 0.15) is 12.4 Å². The molecule has 3 heteroatoms. The van der Waals surface area contributed by atoms with E-state index in [1.54, 1.807) is 0 Å². The molecule has 0 spiro atoms. The Kier molecular flexibility index (Phi) is 9.92. The molecule has 0 aromatic heterocycles. The number of rotatable bonds is 12. The second-order valence-corrected chi connectivity index (χ2v) is 5.30. The Morgan fingerprint density at radius 2 is 1.90 bits per heavy atom. The first kappa shape index (κ1) is 18.0. The molecule has 0 bridgehead atoms. The average molecular weight is 293 g/mol. The Hall–Kier alpha value is -1.06. The maximum absolute atomic E-state index is 5.77. The van der Waals surface area contributed by atoms with Gasteiger partial charge in [-0.2, -0.15) is 0 Å². The van der Waals surface area contributed by atoms with Crippen molar-refractivity contribution in [3.05, 3.63) is 29.8 Å². The van der Waals surface area contributed by atoms with Gasteiger partial charge >= 0.3 is 0 Å². The number of unbranched alkanes of at least 4 members (excludes halogenated alkanes) is 1. The Balaban J connectivity index is 2.40. The van der Waals surface area contributed by atoms with Crippen molar-refractivity contribution in [2.24, 2.45) is 0 Å². The van der Waals surface area contributed by atoms with Gasteiger partial charge in [-0.3, -0.25) is 0 Å². The molecule has 3 nitrogen and oxygen atoms in total. The highest BCUT2D eigenvalue weighted by Gasteiger charge is 2.08. The molecule has 0 fully saturated rings. The Morgan fingerprint density at radius 3 is 2.62 bits per heavy atom. The summed E-state index contributed by atoms with van der Waals surface area (Å²) >= 11 is 0. The van der Waals surface area contributed by atoms with E-state index < -0.39 is 0 Å². The maximum Gasteiger partial charge on any atom is 0.119 e. The van der Waals surface area contributed by atoms with Crippen molar-refractivity contribution in [2.45, 2.75) is 52.5 Å². The van der Waals surface area contributed by atoms with Gasteiger partial charge in [0.15, 0.2) is 0 Å². The minimum absolute atomic E-state index is 0.411. The third kappa shape index (κ3) is 7.49. The van der Waals surface area contributed by atoms with Gasteiger partial charge in [0.05, 0.1) is 6.61 Å². The molecule has 1 atom stereocenters. The lowest BCUT2D eigenvalue weighted by molar-refractivity contribution is 0.0980. The summed E-state index contributed by atoms with van der Waals surface area (Å²) in [6, 6.07) is 8.81. The molecule has 0 aliphatic carbocycles. The molecule has 1 N–H and O–H groups in total. The number of hydrogen-bond acceptors (Lipinski definition) is 3. The molecule has 0 saturated carbocycles. The number of nitrogens with one attached hydrogen (secondary N) is 1. The maximum atomic E-state index is 5.77. The topological polar surface area (TPSA) is 30.5 Å². The Labute approximate surface area is 130 Å². The summed E-state index contributed by atoms with van der Waals surface area (Å²) in [7, 11) is 0. The van der Waals surface area contributed by atoms with E-state index in [0.29, 0.717) is 19.3 Å². The molecular weight excluding hydrogens is 262 g/mol. The smallest absolute Gasteiger partial charge is 0.119 e. The first-order valence-corrected chi connectivity index (χ1v) is 8.35. The van der Waals surface area contributed by atoms with Crippen molar-refractivity contribution < 1.29 is 9.47 Å². The van der Waals surface area contributed by atoms with Gasteiger partial charge in [-0.15, -0.1) is 0 Å². The summed E-state index contributed by atoms with van der Waals surface area (Å²) in [6.07, 6.45) is 4.54. The van der Waals surface area contributed by atoms with E-state index >= 15 is 0 Å². The predicted octanol–water partition coefficient (Wildman–Crippen LogP) is 4.33. The van der Waals surface area contributed by atoms with Crippen LogP contribution in [0.15, 0.2) is 24.3 Å². The molecule has 1 unspecified atom stereocenters. The molecule has 0 amide bonds. The number of ether oxygens (including phenoxy) is 2. The van der Waals surface area contributed by atoms with Crippen LogP contribution in [0.2, 0.25) is 0 Å². The van der Waals surface area contributed by atoms with E-state index in [9.17, 15) is 0 Å². The SMILES string of the molecule is CCCCOCCOc1cccc(C(CC)NCCC)c1. The van der Waals surface area contributed by atoms with Gasteiger partial charge in [0.2, 0.25) is 0 Å². The lowest BCUT2D eigenvalue weighted by Gasteiger charge is -2.18. The van der Waals surface area contributed by atoms with Crippen molar-refractivity contribution in [1.82, 2.24) is 5.32 Å². The molecule has 1 rings (SSSR count). The number of benzene rings is 1. The van der Waals surface area contributed by atoms with Crippen LogP contribution in [0.4, 0.5) is 0 Å². The third-order valence-corrected chi connectivity index (χ3v) is 3.45. The van der Waals surface area contributed by atoms with Crippen molar-refractivity contribution in [3.63, 3.8) is 0 Å². The molecule has 0 saturated heterocycles. The summed E-state index contributed by atoms with van der Waals surface area (Å²) in [6.45, 7) is 9.73. The minimum Gasteiger partial charge on any atom is -0.491 e. The van der Waals surface area contributed by atoms with Crippen LogP contribution in [0.3, 0.4) is 0 Å². The van der Waals surface area contributed by atoms with E-state index in [1.807, 2.05) is 6.07 Å². The monoisotopic (exact) mass is 293 g/mol. The highest BCUT2D eigenvalue weighted by atomic mass is 16.5. The molecular formula is C18H31NO2. The fourth-order valence-corrected chi connectivity index (χ4v) is 2.20. The van der Waals surface area contributed by atoms with Crippen LogP contribution in [-0.2, 0) is 4.74 Å². The van der Waals surface area contributed by atoms with Crippen LogP contribution in [0.25, 0.3) is 0 Å². The van der Waals surface area contributed by atoms with Gasteiger partial charge in [-0.25, -0.2) is 0 Å². The minimum atomic E-state index is 0.411. The first-order valence-electron chi connectivity index (χ1n) is 8.35. The van der Waals surface area contributed by atoms with Gasteiger partial charge in [0, 0.05) is 12.6 Å². The molecule has 0 heterocycles.